The van der Waals surface area contributed by atoms with E-state index in [1.54, 1.807) is 22.7 Å². The fourth-order valence-electron chi connectivity index (χ4n) is 5.61. The molecule has 8 rings (SSSR count). The van der Waals surface area contributed by atoms with E-state index in [4.69, 9.17) is 9.97 Å². The summed E-state index contributed by atoms with van der Waals surface area (Å²) in [6, 6.07) is 26.2. The lowest BCUT2D eigenvalue weighted by Crippen LogP contribution is -2.08. The van der Waals surface area contributed by atoms with Gasteiger partial charge in [0.25, 0.3) is 0 Å². The summed E-state index contributed by atoms with van der Waals surface area (Å²) < 4.78 is 2.41. The van der Waals surface area contributed by atoms with Crippen LogP contribution in [0.4, 0.5) is 0 Å². The van der Waals surface area contributed by atoms with Crippen molar-refractivity contribution >= 4 is 43.1 Å². The molecule has 4 aromatic heterocycles. The maximum atomic E-state index is 5.02. The van der Waals surface area contributed by atoms with Gasteiger partial charge in [0.15, 0.2) is 0 Å². The minimum Gasteiger partial charge on any atom is -0.263 e. The maximum Gasteiger partial charge on any atom is 0.126 e. The van der Waals surface area contributed by atoms with Crippen molar-refractivity contribution in [2.75, 3.05) is 0 Å². The monoisotopic (exact) mass is 566 g/mol. The number of aromatic nitrogens is 4. The first kappa shape index (κ1) is 24.5. The number of hydrogen-bond donors (Lipinski definition) is 0. The third-order valence-electron chi connectivity index (χ3n) is 8.00. The highest BCUT2D eigenvalue weighted by Crippen LogP contribution is 2.39. The van der Waals surface area contributed by atoms with Crippen LogP contribution in [0.2, 0.25) is 0 Å². The van der Waals surface area contributed by atoms with Crippen LogP contribution in [0.1, 0.15) is 36.3 Å². The van der Waals surface area contributed by atoms with Crippen molar-refractivity contribution in [1.29, 1.82) is 0 Å². The van der Waals surface area contributed by atoms with Crippen molar-refractivity contribution in [3.05, 3.63) is 109 Å². The molecule has 0 spiro atoms. The molecule has 198 valence electrons. The number of para-hydroxylation sites is 1. The molecule has 0 atom stereocenters. The first-order chi connectivity index (χ1) is 20.2. The Kier molecular flexibility index (Phi) is 5.97. The molecule has 4 nitrogen and oxygen atoms in total. The van der Waals surface area contributed by atoms with Gasteiger partial charge in [0.2, 0.25) is 0 Å². The summed E-state index contributed by atoms with van der Waals surface area (Å²) in [5.74, 6) is 0.710. The van der Waals surface area contributed by atoms with Gasteiger partial charge in [-0.25, -0.2) is 9.97 Å². The Balaban J connectivity index is 1.14. The molecule has 0 N–H and O–H groups in total. The van der Waals surface area contributed by atoms with Gasteiger partial charge in [0.1, 0.15) is 10.0 Å². The molecule has 0 bridgehead atoms. The smallest absolute Gasteiger partial charge is 0.126 e. The molecule has 0 aliphatic heterocycles. The summed E-state index contributed by atoms with van der Waals surface area (Å²) in [6.45, 7) is 2.14. The molecule has 7 aromatic rings. The van der Waals surface area contributed by atoms with Gasteiger partial charge in [-0.15, -0.1) is 22.7 Å². The fourth-order valence-corrected chi connectivity index (χ4v) is 7.48. The second-order valence-corrected chi connectivity index (χ2v) is 12.9. The zero-order valence-electron chi connectivity index (χ0n) is 22.5. The van der Waals surface area contributed by atoms with Crippen molar-refractivity contribution in [3.8, 4) is 43.4 Å². The molecule has 1 saturated carbocycles. The van der Waals surface area contributed by atoms with Gasteiger partial charge in [-0.1, -0.05) is 36.8 Å². The summed E-state index contributed by atoms with van der Waals surface area (Å²) in [5.41, 5.74) is 11.2. The molecule has 1 aliphatic rings. The molecule has 0 amide bonds. The van der Waals surface area contributed by atoms with Crippen molar-refractivity contribution in [2.24, 2.45) is 0 Å². The van der Waals surface area contributed by atoms with Gasteiger partial charge < -0.3 is 0 Å². The third kappa shape index (κ3) is 4.63. The summed E-state index contributed by atoms with van der Waals surface area (Å²) in [5, 5.41) is 2.00. The first-order valence-corrected chi connectivity index (χ1v) is 15.6. The molecule has 0 saturated heterocycles. The van der Waals surface area contributed by atoms with E-state index in [9.17, 15) is 0 Å². The van der Waals surface area contributed by atoms with Crippen LogP contribution in [0, 0.1) is 6.92 Å². The topological polar surface area (TPSA) is 51.6 Å². The Morgan fingerprint density at radius 2 is 1.17 bits per heavy atom. The van der Waals surface area contributed by atoms with Gasteiger partial charge in [-0.3, -0.25) is 9.97 Å². The van der Waals surface area contributed by atoms with Crippen molar-refractivity contribution in [2.45, 2.75) is 32.1 Å². The maximum absolute atomic E-state index is 5.02. The minimum atomic E-state index is 0.710. The van der Waals surface area contributed by atoms with E-state index in [-0.39, 0.29) is 0 Å². The van der Waals surface area contributed by atoms with Gasteiger partial charge in [-0.05, 0) is 90.4 Å². The van der Waals surface area contributed by atoms with Crippen LogP contribution in [-0.2, 0) is 0 Å². The van der Waals surface area contributed by atoms with Crippen molar-refractivity contribution < 1.29 is 0 Å². The Hall–Kier alpha value is -4.26. The van der Waals surface area contributed by atoms with Gasteiger partial charge >= 0.3 is 0 Å². The van der Waals surface area contributed by atoms with Crippen molar-refractivity contribution in [3.63, 3.8) is 0 Å². The lowest BCUT2D eigenvalue weighted by molar-refractivity contribution is 0.420. The van der Waals surface area contributed by atoms with E-state index in [2.05, 4.69) is 83.6 Å². The molecule has 0 radical (unpaired) electrons. The molecule has 6 heteroatoms. The second-order valence-electron chi connectivity index (χ2n) is 10.9. The predicted molar refractivity (Wildman–Crippen MR) is 171 cm³/mol. The summed E-state index contributed by atoms with van der Waals surface area (Å²) in [7, 11) is 0. The van der Waals surface area contributed by atoms with Crippen LogP contribution in [0.3, 0.4) is 0 Å². The molecule has 4 heterocycles. The average Bonchev–Trinajstić information content (AvgIpc) is 3.61. The van der Waals surface area contributed by atoms with E-state index in [1.165, 1.54) is 39.8 Å². The number of pyridine rings is 2. The molecule has 0 unspecified atom stereocenters. The number of rotatable bonds is 5. The lowest BCUT2D eigenvalue weighted by atomic mass is 9.80. The highest BCUT2D eigenvalue weighted by molar-refractivity contribution is 7.22. The van der Waals surface area contributed by atoms with Crippen LogP contribution in [-0.4, -0.2) is 19.9 Å². The van der Waals surface area contributed by atoms with Crippen LogP contribution < -0.4 is 0 Å². The zero-order chi connectivity index (χ0) is 27.3. The van der Waals surface area contributed by atoms with Crippen LogP contribution >= 0.6 is 22.7 Å². The van der Waals surface area contributed by atoms with E-state index in [0.717, 1.165) is 54.4 Å². The number of hydrogen-bond acceptors (Lipinski definition) is 6. The standard InChI is InChI=1S/C35H26N4S2/c1-21-11-24(26-14-28(19-36-17-26)34-38-30-7-2-3-8-32(30)40-34)13-25(12-21)27-15-29(20-37-18-27)35-39-31-16-23(22-5-4-6-22)9-10-33(31)41-35/h2-3,7-20,22H,4-6H2,1H3. The van der Waals surface area contributed by atoms with Crippen LogP contribution in [0.25, 0.3) is 63.8 Å². The van der Waals surface area contributed by atoms with Crippen molar-refractivity contribution in [1.82, 2.24) is 19.9 Å². The lowest BCUT2D eigenvalue weighted by Gasteiger charge is -2.25. The van der Waals surface area contributed by atoms with Gasteiger partial charge in [0, 0.05) is 47.0 Å². The average molecular weight is 567 g/mol. The molecule has 3 aromatic carbocycles. The molecule has 41 heavy (non-hydrogen) atoms. The number of thiazole rings is 2. The number of benzene rings is 3. The van der Waals surface area contributed by atoms with Crippen LogP contribution in [0.15, 0.2) is 97.6 Å². The number of aryl methyl sites for hydroxylation is 1. The molecule has 1 fully saturated rings. The predicted octanol–water partition coefficient (Wildman–Crippen LogP) is 9.94. The zero-order valence-corrected chi connectivity index (χ0v) is 24.2. The van der Waals surface area contributed by atoms with Gasteiger partial charge in [0.05, 0.1) is 20.4 Å². The highest BCUT2D eigenvalue weighted by Gasteiger charge is 2.20. The van der Waals surface area contributed by atoms with E-state index >= 15 is 0 Å². The summed E-state index contributed by atoms with van der Waals surface area (Å²) >= 11 is 3.44. The largest absolute Gasteiger partial charge is 0.263 e. The molecular weight excluding hydrogens is 541 g/mol. The van der Waals surface area contributed by atoms with E-state index in [0.29, 0.717) is 5.92 Å². The highest BCUT2D eigenvalue weighted by atomic mass is 32.1. The second kappa shape index (κ2) is 9.98. The van der Waals surface area contributed by atoms with Gasteiger partial charge in [-0.2, -0.15) is 0 Å². The quantitative estimate of drug-likeness (QED) is 0.208. The first-order valence-electron chi connectivity index (χ1n) is 14.0. The Labute approximate surface area is 246 Å². The normalized spacial score (nSPS) is 13.6. The van der Waals surface area contributed by atoms with E-state index in [1.807, 2.05) is 30.9 Å². The fraction of sp³-hybridized carbons (Fsp3) is 0.143. The minimum absolute atomic E-state index is 0.710. The Morgan fingerprint density at radius 3 is 1.80 bits per heavy atom. The summed E-state index contributed by atoms with van der Waals surface area (Å²) in [4.78, 5) is 19.1. The summed E-state index contributed by atoms with van der Waals surface area (Å²) in [6.07, 6.45) is 11.7. The van der Waals surface area contributed by atoms with Crippen LogP contribution in [0.5, 0.6) is 0 Å². The Bertz CT molecular complexity index is 2040. The molecular formula is C35H26N4S2. The Morgan fingerprint density at radius 1 is 0.585 bits per heavy atom. The molecule has 1 aliphatic carbocycles. The SMILES string of the molecule is Cc1cc(-c2cncc(-c3nc4ccccc4s3)c2)cc(-c2cncc(-c3nc4cc(C5CCC5)ccc4s3)c2)c1. The third-order valence-corrected chi connectivity index (χ3v) is 10.2. The number of fused-ring (bicyclic) bond motifs is 2. The van der Waals surface area contributed by atoms with E-state index < -0.39 is 0 Å². The number of nitrogens with zero attached hydrogens (tertiary/aromatic N) is 4.